The molecule has 10 nitrogen and oxygen atoms in total. The standard InChI is InChI=1S/C23H28N8O2/c1-14(32)26-19-11-15(6-8-24-19)33-16-10-17-21(25-13-16)28-22(30(17)4)27-20-12-18-23(2,3)7-5-9-31(18)29-20/h6,8,10-13,22H,5,7,9H2,1-4H3,(H,25,28)(H,27,29)(H,24,26,32). The average molecular weight is 449 g/mol. The van der Waals surface area contributed by atoms with E-state index in [0.717, 1.165) is 30.3 Å². The number of carbonyl (C=O) groups is 1. The maximum Gasteiger partial charge on any atom is 0.222 e. The van der Waals surface area contributed by atoms with Crippen LogP contribution in [0.5, 0.6) is 11.5 Å². The first kappa shape index (κ1) is 21.0. The van der Waals surface area contributed by atoms with E-state index >= 15 is 0 Å². The fraction of sp³-hybridized carbons (Fsp3) is 0.391. The Labute approximate surface area is 192 Å². The van der Waals surface area contributed by atoms with E-state index in [1.807, 2.05) is 13.1 Å². The first-order chi connectivity index (χ1) is 15.8. The fourth-order valence-electron chi connectivity index (χ4n) is 4.37. The molecule has 3 aromatic heterocycles. The number of anilines is 4. The largest absolute Gasteiger partial charge is 0.455 e. The number of ether oxygens (including phenoxy) is 1. The van der Waals surface area contributed by atoms with Crippen LogP contribution in [-0.4, -0.2) is 39.0 Å². The lowest BCUT2D eigenvalue weighted by Gasteiger charge is -2.30. The van der Waals surface area contributed by atoms with E-state index in [4.69, 9.17) is 9.84 Å². The van der Waals surface area contributed by atoms with Crippen molar-refractivity contribution in [2.24, 2.45) is 0 Å². The van der Waals surface area contributed by atoms with E-state index in [9.17, 15) is 4.79 Å². The van der Waals surface area contributed by atoms with Crippen LogP contribution >= 0.6 is 0 Å². The molecule has 0 fully saturated rings. The Morgan fingerprint density at radius 1 is 1.21 bits per heavy atom. The molecule has 0 saturated carbocycles. The fourth-order valence-corrected chi connectivity index (χ4v) is 4.37. The van der Waals surface area contributed by atoms with Gasteiger partial charge in [0, 0.05) is 56.0 Å². The lowest BCUT2D eigenvalue weighted by molar-refractivity contribution is -0.114. The van der Waals surface area contributed by atoms with E-state index in [-0.39, 0.29) is 17.6 Å². The topological polar surface area (TPSA) is 109 Å². The predicted octanol–water partition coefficient (Wildman–Crippen LogP) is 3.75. The van der Waals surface area contributed by atoms with Gasteiger partial charge in [-0.25, -0.2) is 9.97 Å². The van der Waals surface area contributed by atoms with Gasteiger partial charge in [-0.1, -0.05) is 13.8 Å². The second-order valence-electron chi connectivity index (χ2n) is 9.13. The van der Waals surface area contributed by atoms with Crippen molar-refractivity contribution in [2.45, 2.75) is 51.9 Å². The Morgan fingerprint density at radius 3 is 2.85 bits per heavy atom. The van der Waals surface area contributed by atoms with Crippen LogP contribution < -0.4 is 25.6 Å². The van der Waals surface area contributed by atoms with Crippen molar-refractivity contribution < 1.29 is 9.53 Å². The molecule has 10 heteroatoms. The van der Waals surface area contributed by atoms with E-state index in [1.54, 1.807) is 24.5 Å². The number of aromatic nitrogens is 4. The zero-order valence-electron chi connectivity index (χ0n) is 19.2. The van der Waals surface area contributed by atoms with E-state index in [0.29, 0.717) is 17.3 Å². The van der Waals surface area contributed by atoms with Gasteiger partial charge >= 0.3 is 0 Å². The summed E-state index contributed by atoms with van der Waals surface area (Å²) >= 11 is 0. The maximum atomic E-state index is 11.3. The van der Waals surface area contributed by atoms with Crippen LogP contribution in [0.3, 0.4) is 0 Å². The maximum absolute atomic E-state index is 11.3. The second kappa shape index (κ2) is 7.95. The molecule has 172 valence electrons. The highest BCUT2D eigenvalue weighted by molar-refractivity contribution is 5.87. The number of amides is 1. The normalized spacial score (nSPS) is 18.2. The minimum absolute atomic E-state index is 0.129. The Morgan fingerprint density at radius 2 is 2.06 bits per heavy atom. The molecule has 0 aliphatic carbocycles. The lowest BCUT2D eigenvalue weighted by atomic mass is 9.82. The number of aryl methyl sites for hydroxylation is 1. The number of fused-ring (bicyclic) bond motifs is 2. The molecular formula is C23H28N8O2. The number of nitrogens with one attached hydrogen (secondary N) is 3. The molecule has 33 heavy (non-hydrogen) atoms. The summed E-state index contributed by atoms with van der Waals surface area (Å²) in [5.74, 6) is 3.00. The zero-order chi connectivity index (χ0) is 23.2. The van der Waals surface area contributed by atoms with Gasteiger partial charge in [0.15, 0.2) is 17.9 Å². The first-order valence-electron chi connectivity index (χ1n) is 11.0. The Balaban J connectivity index is 1.30. The first-order valence-corrected chi connectivity index (χ1v) is 11.0. The molecule has 0 spiro atoms. The second-order valence-corrected chi connectivity index (χ2v) is 9.13. The van der Waals surface area contributed by atoms with Crippen LogP contribution in [0, 0.1) is 0 Å². The third kappa shape index (κ3) is 4.15. The molecule has 2 aliphatic rings. The summed E-state index contributed by atoms with van der Waals surface area (Å²) < 4.78 is 8.07. The van der Waals surface area contributed by atoms with Crippen LogP contribution in [0.25, 0.3) is 0 Å². The summed E-state index contributed by atoms with van der Waals surface area (Å²) in [5, 5.41) is 14.3. The van der Waals surface area contributed by atoms with Gasteiger partial charge in [-0.3, -0.25) is 9.48 Å². The molecule has 0 aromatic carbocycles. The van der Waals surface area contributed by atoms with Crippen LogP contribution in [0.4, 0.5) is 23.1 Å². The molecule has 3 N–H and O–H groups in total. The monoisotopic (exact) mass is 448 g/mol. The minimum Gasteiger partial charge on any atom is -0.455 e. The van der Waals surface area contributed by atoms with Crippen molar-refractivity contribution >= 4 is 29.0 Å². The molecule has 1 atom stereocenters. The van der Waals surface area contributed by atoms with Crippen molar-refractivity contribution in [2.75, 3.05) is 27.9 Å². The molecular weight excluding hydrogens is 420 g/mol. The highest BCUT2D eigenvalue weighted by atomic mass is 16.5. The number of hydrogen-bond acceptors (Lipinski definition) is 8. The van der Waals surface area contributed by atoms with Gasteiger partial charge < -0.3 is 25.6 Å². The molecule has 1 amide bonds. The van der Waals surface area contributed by atoms with E-state index in [1.165, 1.54) is 19.0 Å². The molecule has 0 bridgehead atoms. The Hall–Kier alpha value is -3.82. The summed E-state index contributed by atoms with van der Waals surface area (Å²) in [6, 6.07) is 7.47. The summed E-state index contributed by atoms with van der Waals surface area (Å²) in [4.78, 5) is 22.0. The number of rotatable bonds is 5. The van der Waals surface area contributed by atoms with Crippen LogP contribution in [0.2, 0.25) is 0 Å². The summed E-state index contributed by atoms with van der Waals surface area (Å²) in [6.07, 6.45) is 5.38. The van der Waals surface area contributed by atoms with Crippen LogP contribution in [0.15, 0.2) is 36.7 Å². The van der Waals surface area contributed by atoms with Crippen molar-refractivity contribution in [1.29, 1.82) is 0 Å². The molecule has 5 heterocycles. The smallest absolute Gasteiger partial charge is 0.222 e. The van der Waals surface area contributed by atoms with Crippen LogP contribution in [-0.2, 0) is 16.8 Å². The van der Waals surface area contributed by atoms with Gasteiger partial charge in [-0.15, -0.1) is 0 Å². The van der Waals surface area contributed by atoms with Gasteiger partial charge in [0.1, 0.15) is 17.3 Å². The van der Waals surface area contributed by atoms with E-state index < -0.39 is 0 Å². The van der Waals surface area contributed by atoms with E-state index in [2.05, 4.69) is 55.4 Å². The molecule has 5 rings (SSSR count). The minimum atomic E-state index is -0.188. The van der Waals surface area contributed by atoms with Gasteiger partial charge in [0.2, 0.25) is 5.91 Å². The number of carbonyl (C=O) groups excluding carboxylic acids is 1. The zero-order valence-corrected chi connectivity index (χ0v) is 19.2. The average Bonchev–Trinajstić information content (AvgIpc) is 3.30. The molecule has 0 saturated heterocycles. The molecule has 2 aliphatic heterocycles. The summed E-state index contributed by atoms with van der Waals surface area (Å²) in [5.41, 5.74) is 2.30. The van der Waals surface area contributed by atoms with Gasteiger partial charge in [-0.05, 0) is 18.9 Å². The van der Waals surface area contributed by atoms with Crippen LogP contribution in [0.1, 0.15) is 39.3 Å². The third-order valence-electron chi connectivity index (χ3n) is 6.08. The van der Waals surface area contributed by atoms with Gasteiger partial charge in [-0.2, -0.15) is 5.10 Å². The highest BCUT2D eigenvalue weighted by Gasteiger charge is 2.32. The summed E-state index contributed by atoms with van der Waals surface area (Å²) in [7, 11) is 1.99. The number of hydrogen-bond donors (Lipinski definition) is 3. The van der Waals surface area contributed by atoms with Crippen molar-refractivity contribution in [3.63, 3.8) is 0 Å². The SMILES string of the molecule is CC(=O)Nc1cc(Oc2cnc3c(c2)N(C)C(Nc2cc4n(n2)CCCC4(C)C)N3)ccn1. The number of nitrogens with zero attached hydrogens (tertiary/aromatic N) is 5. The predicted molar refractivity (Wildman–Crippen MR) is 127 cm³/mol. The molecule has 3 aromatic rings. The van der Waals surface area contributed by atoms with Gasteiger partial charge in [0.05, 0.1) is 11.9 Å². The van der Waals surface area contributed by atoms with Crippen molar-refractivity contribution in [3.05, 3.63) is 42.4 Å². The number of pyridine rings is 2. The molecule has 1 unspecified atom stereocenters. The lowest BCUT2D eigenvalue weighted by Crippen LogP contribution is -2.39. The third-order valence-corrected chi connectivity index (χ3v) is 6.08. The van der Waals surface area contributed by atoms with Crippen molar-refractivity contribution in [3.8, 4) is 11.5 Å². The highest BCUT2D eigenvalue weighted by Crippen LogP contribution is 2.37. The Bertz CT molecular complexity index is 1200. The van der Waals surface area contributed by atoms with Gasteiger partial charge in [0.25, 0.3) is 0 Å². The summed E-state index contributed by atoms with van der Waals surface area (Å²) in [6.45, 7) is 6.93. The Kier molecular flexibility index (Phi) is 5.07. The van der Waals surface area contributed by atoms with Crippen molar-refractivity contribution in [1.82, 2.24) is 19.7 Å². The quantitative estimate of drug-likeness (QED) is 0.541. The molecule has 0 radical (unpaired) electrons.